The molecule has 4 nitrogen and oxygen atoms in total. The van der Waals surface area contributed by atoms with Gasteiger partial charge in [-0.25, -0.2) is 9.38 Å². The molecule has 2 aromatic carbocycles. The second-order valence-electron chi connectivity index (χ2n) is 6.21. The molecule has 0 saturated heterocycles. The summed E-state index contributed by atoms with van der Waals surface area (Å²) in [5, 5.41) is 3.33. The fourth-order valence-electron chi connectivity index (χ4n) is 2.67. The van der Waals surface area contributed by atoms with E-state index in [1.54, 1.807) is 31.7 Å². The lowest BCUT2D eigenvalue weighted by atomic mass is 10.1. The Kier molecular flexibility index (Phi) is 7.76. The summed E-state index contributed by atoms with van der Waals surface area (Å²) in [5.41, 5.74) is 3.73. The zero-order valence-electron chi connectivity index (χ0n) is 16.8. The van der Waals surface area contributed by atoms with E-state index in [9.17, 15) is 4.39 Å². The fourth-order valence-corrected chi connectivity index (χ4v) is 2.88. The average molecular weight is 402 g/mol. The van der Waals surface area contributed by atoms with Crippen LogP contribution in [0.4, 0.5) is 15.8 Å². The number of ether oxygens (including phenoxy) is 1. The molecule has 0 bridgehead atoms. The van der Waals surface area contributed by atoms with E-state index in [1.807, 2.05) is 32.9 Å². The number of nitrogens with zero attached hydrogens (tertiary/aromatic N) is 2. The summed E-state index contributed by atoms with van der Waals surface area (Å²) in [6.45, 7) is 7.71. The number of rotatable bonds is 6. The molecule has 148 valence electrons. The van der Waals surface area contributed by atoms with Crippen LogP contribution in [0.15, 0.2) is 52.1 Å². The number of amidine groups is 1. The Balaban J connectivity index is 2.63. The number of benzene rings is 2. The summed E-state index contributed by atoms with van der Waals surface area (Å²) >= 11 is 6.19. The van der Waals surface area contributed by atoms with Crippen LogP contribution >= 0.6 is 11.6 Å². The van der Waals surface area contributed by atoms with Crippen molar-refractivity contribution in [3.8, 4) is 5.75 Å². The van der Waals surface area contributed by atoms with Gasteiger partial charge in [-0.3, -0.25) is 4.99 Å². The Bertz CT molecular complexity index is 915. The van der Waals surface area contributed by atoms with Crippen molar-refractivity contribution in [1.82, 2.24) is 0 Å². The molecule has 0 heterocycles. The maximum absolute atomic E-state index is 14.3. The van der Waals surface area contributed by atoms with Gasteiger partial charge in [-0.15, -0.1) is 0 Å². The Labute approximate surface area is 170 Å². The van der Waals surface area contributed by atoms with Crippen molar-refractivity contribution >= 4 is 35.0 Å². The predicted molar refractivity (Wildman–Crippen MR) is 117 cm³/mol. The van der Waals surface area contributed by atoms with Gasteiger partial charge < -0.3 is 10.1 Å². The molecular weight excluding hydrogens is 377 g/mol. The number of methoxy groups -OCH3 is 1. The molecule has 6 heteroatoms. The van der Waals surface area contributed by atoms with E-state index in [-0.39, 0.29) is 10.7 Å². The third-order valence-corrected chi connectivity index (χ3v) is 4.51. The SMILES string of the molecule is CC=N/C=C(\C)C(=Nc1c(C)cc(OC)cc1CC)Nc1c(F)cccc1Cl. The highest BCUT2D eigenvalue weighted by molar-refractivity contribution is 6.34. The van der Waals surface area contributed by atoms with Gasteiger partial charge in [0, 0.05) is 18.0 Å². The number of para-hydroxylation sites is 1. The highest BCUT2D eigenvalue weighted by Crippen LogP contribution is 2.31. The smallest absolute Gasteiger partial charge is 0.148 e. The van der Waals surface area contributed by atoms with Crippen molar-refractivity contribution in [2.75, 3.05) is 12.4 Å². The first-order valence-corrected chi connectivity index (χ1v) is 9.41. The van der Waals surface area contributed by atoms with Crippen molar-refractivity contribution < 1.29 is 9.13 Å². The van der Waals surface area contributed by atoms with Crippen molar-refractivity contribution in [2.45, 2.75) is 34.1 Å². The molecule has 0 saturated carbocycles. The molecule has 0 fully saturated rings. The number of hydrogen-bond donors (Lipinski definition) is 1. The van der Waals surface area contributed by atoms with Gasteiger partial charge in [0.15, 0.2) is 0 Å². The zero-order valence-corrected chi connectivity index (χ0v) is 17.6. The fraction of sp³-hybridized carbons (Fsp3) is 0.273. The molecule has 0 aliphatic rings. The second kappa shape index (κ2) is 10.0. The average Bonchev–Trinajstić information content (AvgIpc) is 2.68. The Hall–Kier alpha value is -2.66. The van der Waals surface area contributed by atoms with Crippen LogP contribution in [-0.2, 0) is 6.42 Å². The summed E-state index contributed by atoms with van der Waals surface area (Å²) in [6, 6.07) is 8.43. The van der Waals surface area contributed by atoms with Crippen LogP contribution in [0, 0.1) is 12.7 Å². The highest BCUT2D eigenvalue weighted by atomic mass is 35.5. The number of aryl methyl sites for hydroxylation is 2. The lowest BCUT2D eigenvalue weighted by Crippen LogP contribution is -2.15. The quantitative estimate of drug-likeness (QED) is 0.443. The second-order valence-corrected chi connectivity index (χ2v) is 6.61. The van der Waals surface area contributed by atoms with Crippen LogP contribution in [-0.4, -0.2) is 19.2 Å². The topological polar surface area (TPSA) is 46.0 Å². The van der Waals surface area contributed by atoms with Crippen molar-refractivity contribution in [3.05, 3.63) is 64.1 Å². The Morgan fingerprint density at radius 3 is 2.68 bits per heavy atom. The summed E-state index contributed by atoms with van der Waals surface area (Å²) in [7, 11) is 1.64. The maximum atomic E-state index is 14.3. The van der Waals surface area contributed by atoms with Gasteiger partial charge in [0.25, 0.3) is 0 Å². The van der Waals surface area contributed by atoms with Crippen LogP contribution in [0.25, 0.3) is 0 Å². The molecule has 0 spiro atoms. The standard InChI is InChI=1S/C22H25ClFN3O/c1-6-16-12-17(28-5)11-14(3)20(16)26-22(15(4)13-25-7-2)27-21-18(23)9-8-10-19(21)24/h7-13H,6H2,1-5H3,(H,26,27)/b15-13+,25-7?. The molecule has 2 rings (SSSR count). The van der Waals surface area contributed by atoms with Crippen LogP contribution in [0.3, 0.4) is 0 Å². The summed E-state index contributed by atoms with van der Waals surface area (Å²) in [4.78, 5) is 8.98. The van der Waals surface area contributed by atoms with Gasteiger partial charge in [0.1, 0.15) is 17.4 Å². The minimum atomic E-state index is -0.450. The van der Waals surface area contributed by atoms with Gasteiger partial charge in [-0.05, 0) is 62.6 Å². The van der Waals surface area contributed by atoms with Crippen molar-refractivity contribution in [3.63, 3.8) is 0 Å². The van der Waals surface area contributed by atoms with E-state index >= 15 is 0 Å². The van der Waals surface area contributed by atoms with Crippen LogP contribution in [0.2, 0.25) is 5.02 Å². The third-order valence-electron chi connectivity index (χ3n) is 4.19. The number of halogens is 2. The van der Waals surface area contributed by atoms with Gasteiger partial charge in [-0.2, -0.15) is 0 Å². The summed E-state index contributed by atoms with van der Waals surface area (Å²) < 4.78 is 19.7. The molecule has 0 amide bonds. The van der Waals surface area contributed by atoms with E-state index in [2.05, 4.69) is 17.2 Å². The number of hydrogen-bond acceptors (Lipinski definition) is 3. The molecule has 0 radical (unpaired) electrons. The molecule has 0 aliphatic heterocycles. The van der Waals surface area contributed by atoms with E-state index in [1.165, 1.54) is 6.07 Å². The first-order chi connectivity index (χ1) is 13.4. The van der Waals surface area contributed by atoms with Gasteiger partial charge in [-0.1, -0.05) is 24.6 Å². The van der Waals surface area contributed by atoms with E-state index < -0.39 is 5.82 Å². The minimum absolute atomic E-state index is 0.181. The maximum Gasteiger partial charge on any atom is 0.148 e. The normalized spacial score (nSPS) is 12.5. The van der Waals surface area contributed by atoms with Crippen LogP contribution in [0.5, 0.6) is 5.75 Å². The molecule has 28 heavy (non-hydrogen) atoms. The molecule has 2 aromatic rings. The first kappa shape index (κ1) is 21.6. The van der Waals surface area contributed by atoms with E-state index in [0.717, 1.165) is 34.6 Å². The molecule has 1 N–H and O–H groups in total. The number of nitrogens with one attached hydrogen (secondary N) is 1. The van der Waals surface area contributed by atoms with Gasteiger partial charge >= 0.3 is 0 Å². The summed E-state index contributed by atoms with van der Waals surface area (Å²) in [6.07, 6.45) is 4.12. The van der Waals surface area contributed by atoms with Crippen molar-refractivity contribution in [1.29, 1.82) is 0 Å². The first-order valence-electron chi connectivity index (χ1n) is 9.03. The highest BCUT2D eigenvalue weighted by Gasteiger charge is 2.14. The molecular formula is C22H25ClFN3O. The molecule has 0 aromatic heterocycles. The Morgan fingerprint density at radius 2 is 2.07 bits per heavy atom. The monoisotopic (exact) mass is 401 g/mol. The minimum Gasteiger partial charge on any atom is -0.497 e. The van der Waals surface area contributed by atoms with E-state index in [0.29, 0.717) is 5.84 Å². The van der Waals surface area contributed by atoms with Gasteiger partial charge in [0.2, 0.25) is 0 Å². The molecule has 0 atom stereocenters. The number of anilines is 1. The predicted octanol–water partition coefficient (Wildman–Crippen LogP) is 6.50. The van der Waals surface area contributed by atoms with Gasteiger partial charge in [0.05, 0.1) is 23.5 Å². The Morgan fingerprint density at radius 1 is 1.32 bits per heavy atom. The molecule has 0 aliphatic carbocycles. The molecule has 0 unspecified atom stereocenters. The summed E-state index contributed by atoms with van der Waals surface area (Å²) in [5.74, 6) is 0.803. The zero-order chi connectivity index (χ0) is 20.7. The van der Waals surface area contributed by atoms with Crippen molar-refractivity contribution in [2.24, 2.45) is 9.98 Å². The lowest BCUT2D eigenvalue weighted by Gasteiger charge is -2.15. The van der Waals surface area contributed by atoms with Crippen LogP contribution < -0.4 is 10.1 Å². The van der Waals surface area contributed by atoms with E-state index in [4.69, 9.17) is 21.3 Å². The largest absolute Gasteiger partial charge is 0.497 e. The number of aliphatic imine (C=N–C) groups is 2. The lowest BCUT2D eigenvalue weighted by molar-refractivity contribution is 0.414. The third kappa shape index (κ3) is 5.20. The van der Waals surface area contributed by atoms with Crippen LogP contribution in [0.1, 0.15) is 31.9 Å².